The fourth-order valence-electron chi connectivity index (χ4n) is 2.68. The van der Waals surface area contributed by atoms with Gasteiger partial charge in [0.05, 0.1) is 18.7 Å². The Bertz CT molecular complexity index is 523. The molecule has 0 aliphatic carbocycles. The van der Waals surface area contributed by atoms with E-state index in [-0.39, 0.29) is 23.7 Å². The third kappa shape index (κ3) is 2.42. The van der Waals surface area contributed by atoms with Crippen LogP contribution in [0.2, 0.25) is 0 Å². The molecule has 2 heterocycles. The van der Waals surface area contributed by atoms with Gasteiger partial charge in [-0.05, 0) is 19.3 Å². The van der Waals surface area contributed by atoms with Gasteiger partial charge >= 0.3 is 5.97 Å². The van der Waals surface area contributed by atoms with Crippen molar-refractivity contribution < 1.29 is 18.8 Å². The van der Waals surface area contributed by atoms with E-state index in [0.717, 1.165) is 0 Å². The van der Waals surface area contributed by atoms with E-state index in [4.69, 9.17) is 9.26 Å². The van der Waals surface area contributed by atoms with Crippen LogP contribution < -0.4 is 0 Å². The van der Waals surface area contributed by atoms with Crippen LogP contribution in [0.3, 0.4) is 0 Å². The smallest absolute Gasteiger partial charge is 0.310 e. The summed E-state index contributed by atoms with van der Waals surface area (Å²) in [6, 6.07) is 0. The Balaban J connectivity index is 2.19. The average Bonchev–Trinajstić information content (AvgIpc) is 3.00. The molecular weight excluding hydrogens is 260 g/mol. The van der Waals surface area contributed by atoms with Crippen molar-refractivity contribution in [3.63, 3.8) is 0 Å². The molecule has 1 aliphatic heterocycles. The van der Waals surface area contributed by atoms with Gasteiger partial charge in [-0.3, -0.25) is 9.59 Å². The summed E-state index contributed by atoms with van der Waals surface area (Å²) in [5, 5.41) is 3.90. The molecule has 1 aromatic heterocycles. The van der Waals surface area contributed by atoms with Gasteiger partial charge in [0.25, 0.3) is 5.91 Å². The van der Waals surface area contributed by atoms with Gasteiger partial charge in [0.15, 0.2) is 0 Å². The Hall–Kier alpha value is -1.85. The lowest BCUT2D eigenvalue weighted by Gasteiger charge is -2.15. The van der Waals surface area contributed by atoms with Crippen molar-refractivity contribution in [2.24, 2.45) is 11.8 Å². The second kappa shape index (κ2) is 5.64. The van der Waals surface area contributed by atoms with Crippen molar-refractivity contribution in [1.29, 1.82) is 0 Å². The number of aryl methyl sites for hydroxylation is 2. The van der Waals surface area contributed by atoms with Crippen LogP contribution >= 0.6 is 0 Å². The average molecular weight is 280 g/mol. The number of likely N-dealkylation sites (tertiary alicyclic amines) is 1. The molecule has 110 valence electrons. The van der Waals surface area contributed by atoms with E-state index >= 15 is 0 Å². The summed E-state index contributed by atoms with van der Waals surface area (Å²) in [6.45, 7) is 6.55. The molecule has 6 heteroatoms. The highest BCUT2D eigenvalue weighted by atomic mass is 16.5. The molecule has 0 radical (unpaired) electrons. The number of nitrogens with zero attached hydrogens (tertiary/aromatic N) is 2. The minimum absolute atomic E-state index is 0.0941. The second-order valence-corrected chi connectivity index (χ2v) is 5.23. The zero-order chi connectivity index (χ0) is 14.9. The maximum absolute atomic E-state index is 12.6. The summed E-state index contributed by atoms with van der Waals surface area (Å²) in [7, 11) is 1.37. The monoisotopic (exact) mass is 280 g/mol. The third-order valence-electron chi connectivity index (χ3n) is 3.89. The number of hydrogen-bond donors (Lipinski definition) is 0. The van der Waals surface area contributed by atoms with E-state index in [9.17, 15) is 9.59 Å². The second-order valence-electron chi connectivity index (χ2n) is 5.23. The van der Waals surface area contributed by atoms with Crippen molar-refractivity contribution in [3.05, 3.63) is 17.0 Å². The summed E-state index contributed by atoms with van der Waals surface area (Å²) >= 11 is 0. The van der Waals surface area contributed by atoms with E-state index in [1.54, 1.807) is 11.8 Å². The van der Waals surface area contributed by atoms with Gasteiger partial charge < -0.3 is 14.2 Å². The number of rotatable bonds is 3. The molecule has 0 spiro atoms. The van der Waals surface area contributed by atoms with Gasteiger partial charge in [-0.15, -0.1) is 0 Å². The van der Waals surface area contributed by atoms with Crippen molar-refractivity contribution >= 4 is 11.9 Å². The molecule has 6 nitrogen and oxygen atoms in total. The highest BCUT2D eigenvalue weighted by molar-refractivity contribution is 5.96. The Kier molecular flexibility index (Phi) is 4.11. The Morgan fingerprint density at radius 3 is 2.75 bits per heavy atom. The molecule has 0 N–H and O–H groups in total. The highest BCUT2D eigenvalue weighted by Gasteiger charge is 2.39. The van der Waals surface area contributed by atoms with Crippen LogP contribution in [0, 0.1) is 18.8 Å². The number of ether oxygens (including phenoxy) is 1. The van der Waals surface area contributed by atoms with Crippen LogP contribution in [0.15, 0.2) is 4.52 Å². The molecule has 2 rings (SSSR count). The van der Waals surface area contributed by atoms with Crippen molar-refractivity contribution in [3.8, 4) is 0 Å². The van der Waals surface area contributed by atoms with E-state index in [2.05, 4.69) is 5.16 Å². The number of amides is 1. The summed E-state index contributed by atoms with van der Waals surface area (Å²) in [6.07, 6.45) is 0.641. The molecule has 0 saturated carbocycles. The predicted octanol–water partition coefficient (Wildman–Crippen LogP) is 1.43. The van der Waals surface area contributed by atoms with Crippen LogP contribution in [-0.4, -0.2) is 42.1 Å². The van der Waals surface area contributed by atoms with Gasteiger partial charge in [0, 0.05) is 13.1 Å². The van der Waals surface area contributed by atoms with Gasteiger partial charge in [-0.25, -0.2) is 0 Å². The first kappa shape index (κ1) is 14.6. The summed E-state index contributed by atoms with van der Waals surface area (Å²) in [5.74, 6) is -0.00346. The van der Waals surface area contributed by atoms with Gasteiger partial charge in [0.2, 0.25) is 0 Å². The fourth-order valence-corrected chi connectivity index (χ4v) is 2.68. The highest BCUT2D eigenvalue weighted by Crippen LogP contribution is 2.27. The van der Waals surface area contributed by atoms with E-state index in [1.807, 2.05) is 13.8 Å². The summed E-state index contributed by atoms with van der Waals surface area (Å²) < 4.78 is 9.88. The standard InChI is InChI=1S/C14H20N2O4/c1-5-11-12(9(3)20-15-11)13(17)16-6-8(2)10(7-16)14(18)19-4/h8,10H,5-7H2,1-4H3. The first-order valence-corrected chi connectivity index (χ1v) is 6.81. The van der Waals surface area contributed by atoms with E-state index in [0.29, 0.717) is 36.5 Å². The van der Waals surface area contributed by atoms with Gasteiger partial charge in [0.1, 0.15) is 11.3 Å². The Morgan fingerprint density at radius 1 is 1.45 bits per heavy atom. The molecule has 0 aromatic carbocycles. The molecule has 0 bridgehead atoms. The van der Waals surface area contributed by atoms with Gasteiger partial charge in [-0.2, -0.15) is 0 Å². The van der Waals surface area contributed by atoms with E-state index in [1.165, 1.54) is 7.11 Å². The van der Waals surface area contributed by atoms with Gasteiger partial charge in [-0.1, -0.05) is 19.0 Å². The maximum Gasteiger partial charge on any atom is 0.310 e. The zero-order valence-corrected chi connectivity index (χ0v) is 12.3. The number of carbonyl (C=O) groups is 2. The van der Waals surface area contributed by atoms with Crippen LogP contribution in [-0.2, 0) is 16.0 Å². The molecule has 1 fully saturated rings. The van der Waals surface area contributed by atoms with Crippen LogP contribution in [0.5, 0.6) is 0 Å². The van der Waals surface area contributed by atoms with Crippen molar-refractivity contribution in [2.45, 2.75) is 27.2 Å². The molecule has 1 saturated heterocycles. The number of esters is 1. The third-order valence-corrected chi connectivity index (χ3v) is 3.89. The number of carbonyl (C=O) groups excluding carboxylic acids is 2. The van der Waals surface area contributed by atoms with Crippen LogP contribution in [0.25, 0.3) is 0 Å². The number of aromatic nitrogens is 1. The lowest BCUT2D eigenvalue weighted by molar-refractivity contribution is -0.146. The zero-order valence-electron chi connectivity index (χ0n) is 12.3. The number of methoxy groups -OCH3 is 1. The largest absolute Gasteiger partial charge is 0.469 e. The fraction of sp³-hybridized carbons (Fsp3) is 0.643. The van der Waals surface area contributed by atoms with Crippen LogP contribution in [0.4, 0.5) is 0 Å². The first-order chi connectivity index (χ1) is 9.49. The quantitative estimate of drug-likeness (QED) is 0.783. The van der Waals surface area contributed by atoms with E-state index < -0.39 is 0 Å². The first-order valence-electron chi connectivity index (χ1n) is 6.81. The molecule has 1 aromatic rings. The SMILES string of the molecule is CCc1noc(C)c1C(=O)N1CC(C)C(C(=O)OC)C1. The van der Waals surface area contributed by atoms with Crippen molar-refractivity contribution in [1.82, 2.24) is 10.1 Å². The minimum Gasteiger partial charge on any atom is -0.469 e. The minimum atomic E-state index is -0.259. The van der Waals surface area contributed by atoms with Crippen molar-refractivity contribution in [2.75, 3.05) is 20.2 Å². The van der Waals surface area contributed by atoms with Crippen LogP contribution in [0.1, 0.15) is 35.7 Å². The predicted molar refractivity (Wildman–Crippen MR) is 71.2 cm³/mol. The Labute approximate surface area is 118 Å². The lowest BCUT2D eigenvalue weighted by atomic mass is 9.99. The molecule has 1 aliphatic rings. The summed E-state index contributed by atoms with van der Waals surface area (Å²) in [5.41, 5.74) is 1.20. The lowest BCUT2D eigenvalue weighted by Crippen LogP contribution is -2.31. The molecule has 2 unspecified atom stereocenters. The normalized spacial score (nSPS) is 22.1. The molecule has 1 amide bonds. The molecule has 2 atom stereocenters. The Morgan fingerprint density at radius 2 is 2.15 bits per heavy atom. The topological polar surface area (TPSA) is 72.6 Å². The maximum atomic E-state index is 12.6. The summed E-state index contributed by atoms with van der Waals surface area (Å²) in [4.78, 5) is 25.9. The molecular formula is C14H20N2O4. The number of hydrogen-bond acceptors (Lipinski definition) is 5. The molecule has 20 heavy (non-hydrogen) atoms.